The Balaban J connectivity index is 1.73. The third-order valence-electron chi connectivity index (χ3n) is 6.00. The molecule has 0 saturated carbocycles. The number of hydrogen-bond acceptors (Lipinski definition) is 4. The molecule has 3 aromatic rings. The maximum Gasteiger partial charge on any atom is 0.416 e. The molecule has 1 heterocycles. The lowest BCUT2D eigenvalue weighted by molar-refractivity contribution is -0.137. The fraction of sp³-hybridized carbons (Fsp3) is 0.296. The van der Waals surface area contributed by atoms with Crippen LogP contribution in [0.5, 0.6) is 11.5 Å². The quantitative estimate of drug-likeness (QED) is 0.429. The van der Waals surface area contributed by atoms with Gasteiger partial charge in [0.15, 0.2) is 11.5 Å². The molecule has 0 bridgehead atoms. The van der Waals surface area contributed by atoms with Crippen LogP contribution in [0, 0.1) is 0 Å². The zero-order valence-electron chi connectivity index (χ0n) is 19.1. The van der Waals surface area contributed by atoms with Crippen molar-refractivity contribution in [3.63, 3.8) is 0 Å². The van der Waals surface area contributed by atoms with E-state index in [9.17, 15) is 18.3 Å². The molecule has 1 aliphatic heterocycles. The van der Waals surface area contributed by atoms with E-state index in [4.69, 9.17) is 9.73 Å². The number of rotatable bonds is 6. The van der Waals surface area contributed by atoms with Gasteiger partial charge >= 0.3 is 6.18 Å². The van der Waals surface area contributed by atoms with Gasteiger partial charge in [-0.25, -0.2) is 0 Å². The second-order valence-corrected chi connectivity index (χ2v) is 8.20. The Morgan fingerprint density at radius 3 is 2.32 bits per heavy atom. The lowest BCUT2D eigenvalue weighted by atomic mass is 9.92. The van der Waals surface area contributed by atoms with Crippen LogP contribution in [-0.4, -0.2) is 17.4 Å². The van der Waals surface area contributed by atoms with Crippen LogP contribution in [0.2, 0.25) is 0 Å². The molecule has 0 amide bonds. The molecule has 178 valence electrons. The fourth-order valence-electron chi connectivity index (χ4n) is 4.13. The molecule has 4 rings (SSSR count). The standard InChI is InChI=1S/C27H27F3N2O2/c1-3-17-8-10-18(11-9-17)22-16-23(21-6-5-7-24(25(21)33)34-4-2)32-26(31-22)19-12-14-20(15-13-19)27(28,29)30/h5-15,23,26,32-33H,3-4,16H2,1-2H3. The highest BCUT2D eigenvalue weighted by Gasteiger charge is 2.32. The van der Waals surface area contributed by atoms with Crippen LogP contribution in [0.15, 0.2) is 71.7 Å². The average molecular weight is 469 g/mol. The second kappa shape index (κ2) is 9.89. The van der Waals surface area contributed by atoms with Crippen LogP contribution in [0.25, 0.3) is 0 Å². The summed E-state index contributed by atoms with van der Waals surface area (Å²) in [7, 11) is 0. The van der Waals surface area contributed by atoms with Gasteiger partial charge in [0.2, 0.25) is 0 Å². The molecule has 2 N–H and O–H groups in total. The van der Waals surface area contributed by atoms with E-state index in [1.54, 1.807) is 6.07 Å². The fourth-order valence-corrected chi connectivity index (χ4v) is 4.13. The summed E-state index contributed by atoms with van der Waals surface area (Å²) < 4.78 is 44.7. The van der Waals surface area contributed by atoms with Crippen molar-refractivity contribution in [1.29, 1.82) is 0 Å². The molecule has 3 aromatic carbocycles. The molecule has 1 aliphatic rings. The number of nitrogens with zero attached hydrogens (tertiary/aromatic N) is 1. The number of phenols is 1. The number of phenolic OH excluding ortho intramolecular Hbond substituents is 1. The van der Waals surface area contributed by atoms with Gasteiger partial charge in [0, 0.05) is 23.7 Å². The zero-order chi connectivity index (χ0) is 24.3. The summed E-state index contributed by atoms with van der Waals surface area (Å²) in [6, 6.07) is 18.2. The summed E-state index contributed by atoms with van der Waals surface area (Å²) >= 11 is 0. The largest absolute Gasteiger partial charge is 0.504 e. The van der Waals surface area contributed by atoms with Crippen molar-refractivity contribution in [2.75, 3.05) is 6.61 Å². The van der Waals surface area contributed by atoms with Crippen LogP contribution in [0.4, 0.5) is 13.2 Å². The maximum atomic E-state index is 13.1. The van der Waals surface area contributed by atoms with Crippen molar-refractivity contribution in [2.45, 2.75) is 45.1 Å². The zero-order valence-corrected chi connectivity index (χ0v) is 19.1. The van der Waals surface area contributed by atoms with Crippen LogP contribution in [-0.2, 0) is 12.6 Å². The van der Waals surface area contributed by atoms with Crippen molar-refractivity contribution in [3.05, 3.63) is 94.5 Å². The van der Waals surface area contributed by atoms with Gasteiger partial charge < -0.3 is 9.84 Å². The van der Waals surface area contributed by atoms with E-state index in [-0.39, 0.29) is 11.8 Å². The van der Waals surface area contributed by atoms with Gasteiger partial charge in [-0.05, 0) is 48.2 Å². The number of ether oxygens (including phenoxy) is 1. The highest BCUT2D eigenvalue weighted by molar-refractivity contribution is 6.01. The number of nitrogens with one attached hydrogen (secondary N) is 1. The van der Waals surface area contributed by atoms with E-state index in [1.165, 1.54) is 17.7 Å². The van der Waals surface area contributed by atoms with Gasteiger partial charge in [0.05, 0.1) is 12.2 Å². The molecule has 7 heteroatoms. The highest BCUT2D eigenvalue weighted by Crippen LogP contribution is 2.39. The monoisotopic (exact) mass is 468 g/mol. The van der Waals surface area contributed by atoms with Gasteiger partial charge in [-0.15, -0.1) is 0 Å². The molecule has 2 atom stereocenters. The third-order valence-corrected chi connectivity index (χ3v) is 6.00. The predicted molar refractivity (Wildman–Crippen MR) is 126 cm³/mol. The molecule has 0 aromatic heterocycles. The Hall–Kier alpha value is -3.32. The minimum absolute atomic E-state index is 0.0515. The number of benzene rings is 3. The van der Waals surface area contributed by atoms with Gasteiger partial charge in [-0.2, -0.15) is 13.2 Å². The smallest absolute Gasteiger partial charge is 0.416 e. The molecule has 0 fully saturated rings. The lowest BCUT2D eigenvalue weighted by Crippen LogP contribution is -2.33. The summed E-state index contributed by atoms with van der Waals surface area (Å²) in [6.45, 7) is 4.35. The van der Waals surface area contributed by atoms with Crippen LogP contribution in [0.1, 0.15) is 60.3 Å². The lowest BCUT2D eigenvalue weighted by Gasteiger charge is -2.31. The molecule has 0 radical (unpaired) electrons. The van der Waals surface area contributed by atoms with Crippen LogP contribution < -0.4 is 10.1 Å². The average Bonchev–Trinajstić information content (AvgIpc) is 2.85. The number of para-hydroxylation sites is 1. The molecule has 0 aliphatic carbocycles. The van der Waals surface area contributed by atoms with Crippen molar-refractivity contribution in [3.8, 4) is 11.5 Å². The normalized spacial score (nSPS) is 18.4. The number of hydrogen-bond donors (Lipinski definition) is 2. The Morgan fingerprint density at radius 2 is 1.71 bits per heavy atom. The highest BCUT2D eigenvalue weighted by atomic mass is 19.4. The van der Waals surface area contributed by atoms with Crippen molar-refractivity contribution in [2.24, 2.45) is 4.99 Å². The van der Waals surface area contributed by atoms with Gasteiger partial charge in [0.1, 0.15) is 6.17 Å². The predicted octanol–water partition coefficient (Wildman–Crippen LogP) is 6.59. The maximum absolute atomic E-state index is 13.1. The van der Waals surface area contributed by atoms with Crippen LogP contribution in [0.3, 0.4) is 0 Å². The summed E-state index contributed by atoms with van der Waals surface area (Å²) in [6.07, 6.45) is -3.55. The Morgan fingerprint density at radius 1 is 1.00 bits per heavy atom. The van der Waals surface area contributed by atoms with E-state index in [0.717, 1.165) is 29.8 Å². The molecule has 34 heavy (non-hydrogen) atoms. The molecule has 2 unspecified atom stereocenters. The van der Waals surface area contributed by atoms with E-state index in [1.807, 2.05) is 31.2 Å². The van der Waals surface area contributed by atoms with Gasteiger partial charge in [-0.3, -0.25) is 10.3 Å². The van der Waals surface area contributed by atoms with Crippen molar-refractivity contribution >= 4 is 5.71 Å². The number of alkyl halides is 3. The molecule has 0 saturated heterocycles. The Bertz CT molecular complexity index is 1160. The first kappa shape index (κ1) is 23.8. The van der Waals surface area contributed by atoms with E-state index >= 15 is 0 Å². The third kappa shape index (κ3) is 5.09. The molecule has 4 nitrogen and oxygen atoms in total. The number of aromatic hydroxyl groups is 1. The Kier molecular flexibility index (Phi) is 6.93. The van der Waals surface area contributed by atoms with E-state index in [0.29, 0.717) is 29.9 Å². The number of halogens is 3. The first-order chi connectivity index (χ1) is 16.3. The van der Waals surface area contributed by atoms with Gasteiger partial charge in [-0.1, -0.05) is 55.5 Å². The van der Waals surface area contributed by atoms with E-state index < -0.39 is 17.9 Å². The van der Waals surface area contributed by atoms with Crippen molar-refractivity contribution < 1.29 is 23.0 Å². The SMILES string of the molecule is CCOc1cccc(C2CC(c3ccc(CC)cc3)=NC(c3ccc(C(F)(F)F)cc3)N2)c1O. The summed E-state index contributed by atoms with van der Waals surface area (Å²) in [5.74, 6) is 0.444. The minimum Gasteiger partial charge on any atom is -0.504 e. The first-order valence-electron chi connectivity index (χ1n) is 11.3. The summed E-state index contributed by atoms with van der Waals surface area (Å²) in [4.78, 5) is 4.85. The molecular weight excluding hydrogens is 441 g/mol. The van der Waals surface area contributed by atoms with Crippen molar-refractivity contribution in [1.82, 2.24) is 5.32 Å². The molecular formula is C27H27F3N2O2. The number of aliphatic imine (C=N–C) groups is 1. The van der Waals surface area contributed by atoms with Crippen LogP contribution >= 0.6 is 0 Å². The summed E-state index contributed by atoms with van der Waals surface area (Å²) in [5, 5.41) is 14.2. The second-order valence-electron chi connectivity index (χ2n) is 8.20. The Labute approximate surface area is 197 Å². The minimum atomic E-state index is -4.40. The number of aryl methyl sites for hydroxylation is 1. The summed E-state index contributed by atoms with van der Waals surface area (Å²) in [5.41, 5.74) is 3.53. The van der Waals surface area contributed by atoms with Gasteiger partial charge in [0.25, 0.3) is 0 Å². The van der Waals surface area contributed by atoms with E-state index in [2.05, 4.69) is 24.4 Å². The first-order valence-corrected chi connectivity index (χ1v) is 11.3. The topological polar surface area (TPSA) is 53.8 Å². The molecule has 0 spiro atoms.